The summed E-state index contributed by atoms with van der Waals surface area (Å²) >= 11 is 3.64. The SMILES string of the molecule is CSc1ccc2c(c1)N(CCC1CCCCN1C=O)c1ccccc1S2. The van der Waals surface area contributed by atoms with E-state index >= 15 is 0 Å². The molecule has 1 amide bonds. The predicted molar refractivity (Wildman–Crippen MR) is 111 cm³/mol. The molecule has 0 aromatic heterocycles. The van der Waals surface area contributed by atoms with E-state index in [0.29, 0.717) is 6.04 Å². The summed E-state index contributed by atoms with van der Waals surface area (Å²) in [5.74, 6) is 0. The highest BCUT2D eigenvalue weighted by molar-refractivity contribution is 8.00. The van der Waals surface area contributed by atoms with Gasteiger partial charge >= 0.3 is 0 Å². The van der Waals surface area contributed by atoms with Gasteiger partial charge in [-0.1, -0.05) is 23.9 Å². The van der Waals surface area contributed by atoms with Crippen LogP contribution in [0.3, 0.4) is 0 Å². The second-order valence-electron chi connectivity index (χ2n) is 6.84. The van der Waals surface area contributed by atoms with E-state index < -0.39 is 0 Å². The zero-order valence-corrected chi connectivity index (χ0v) is 16.7. The monoisotopic (exact) mass is 384 g/mol. The molecule has 2 heterocycles. The Bertz CT molecular complexity index is 795. The molecule has 2 aromatic rings. The molecule has 0 aliphatic carbocycles. The molecule has 0 radical (unpaired) electrons. The van der Waals surface area contributed by atoms with Gasteiger partial charge in [0, 0.05) is 33.8 Å². The van der Waals surface area contributed by atoms with Crippen LogP contribution >= 0.6 is 23.5 Å². The molecule has 1 saturated heterocycles. The highest BCUT2D eigenvalue weighted by Gasteiger charge is 2.26. The van der Waals surface area contributed by atoms with Crippen molar-refractivity contribution in [3.63, 3.8) is 0 Å². The van der Waals surface area contributed by atoms with Gasteiger partial charge in [-0.25, -0.2) is 0 Å². The molecule has 1 atom stereocenters. The second-order valence-corrected chi connectivity index (χ2v) is 8.80. The molecule has 5 heteroatoms. The van der Waals surface area contributed by atoms with E-state index in [1.54, 1.807) is 11.8 Å². The van der Waals surface area contributed by atoms with Crippen molar-refractivity contribution in [2.45, 2.75) is 46.4 Å². The van der Waals surface area contributed by atoms with Crippen LogP contribution in [-0.4, -0.2) is 36.7 Å². The quantitative estimate of drug-likeness (QED) is 0.508. The number of piperidine rings is 1. The Balaban J connectivity index is 1.63. The molecule has 2 aliphatic heterocycles. The Hall–Kier alpha value is -1.59. The summed E-state index contributed by atoms with van der Waals surface area (Å²) in [6.07, 6.45) is 7.68. The Kier molecular flexibility index (Phi) is 5.46. The number of benzene rings is 2. The minimum Gasteiger partial charge on any atom is -0.342 e. The lowest BCUT2D eigenvalue weighted by Crippen LogP contribution is -2.40. The van der Waals surface area contributed by atoms with E-state index in [0.717, 1.165) is 38.8 Å². The van der Waals surface area contributed by atoms with Crippen molar-refractivity contribution in [3.05, 3.63) is 42.5 Å². The van der Waals surface area contributed by atoms with E-state index in [1.807, 2.05) is 16.7 Å². The van der Waals surface area contributed by atoms with E-state index in [1.165, 1.54) is 32.5 Å². The van der Waals surface area contributed by atoms with Crippen LogP contribution in [0.15, 0.2) is 57.2 Å². The zero-order chi connectivity index (χ0) is 17.9. The number of rotatable bonds is 5. The molecule has 1 unspecified atom stereocenters. The van der Waals surface area contributed by atoms with Crippen molar-refractivity contribution in [3.8, 4) is 0 Å². The fourth-order valence-electron chi connectivity index (χ4n) is 3.93. The normalized spacial score (nSPS) is 19.0. The van der Waals surface area contributed by atoms with Gasteiger partial charge in [0.25, 0.3) is 0 Å². The van der Waals surface area contributed by atoms with Crippen molar-refractivity contribution < 1.29 is 4.79 Å². The van der Waals surface area contributed by atoms with Crippen LogP contribution in [0.4, 0.5) is 11.4 Å². The van der Waals surface area contributed by atoms with Gasteiger partial charge in [0.05, 0.1) is 11.4 Å². The van der Waals surface area contributed by atoms with Crippen molar-refractivity contribution in [1.82, 2.24) is 4.90 Å². The number of likely N-dealkylation sites (tertiary alicyclic amines) is 1. The fraction of sp³-hybridized carbons (Fsp3) is 0.381. The van der Waals surface area contributed by atoms with E-state index in [9.17, 15) is 4.79 Å². The Morgan fingerprint density at radius 3 is 2.85 bits per heavy atom. The minimum absolute atomic E-state index is 0.371. The number of fused-ring (bicyclic) bond motifs is 2. The van der Waals surface area contributed by atoms with Crippen molar-refractivity contribution in [2.75, 3.05) is 24.2 Å². The predicted octanol–water partition coefficient (Wildman–Crippen LogP) is 5.41. The molecular weight excluding hydrogens is 360 g/mol. The maximum Gasteiger partial charge on any atom is 0.209 e. The van der Waals surface area contributed by atoms with Gasteiger partial charge in [-0.05, 0) is 62.3 Å². The number of carbonyl (C=O) groups is 1. The molecule has 0 saturated carbocycles. The third-order valence-electron chi connectivity index (χ3n) is 5.33. The maximum absolute atomic E-state index is 11.4. The van der Waals surface area contributed by atoms with Crippen molar-refractivity contribution in [2.24, 2.45) is 0 Å². The summed E-state index contributed by atoms with van der Waals surface area (Å²) in [4.78, 5) is 19.8. The topological polar surface area (TPSA) is 23.6 Å². The number of amides is 1. The Morgan fingerprint density at radius 2 is 2.00 bits per heavy atom. The molecule has 2 aromatic carbocycles. The highest BCUT2D eigenvalue weighted by atomic mass is 32.2. The summed E-state index contributed by atoms with van der Waals surface area (Å²) in [6.45, 7) is 1.85. The van der Waals surface area contributed by atoms with Crippen molar-refractivity contribution in [1.29, 1.82) is 0 Å². The third kappa shape index (κ3) is 3.47. The summed E-state index contributed by atoms with van der Waals surface area (Å²) in [7, 11) is 0. The zero-order valence-electron chi connectivity index (χ0n) is 15.1. The van der Waals surface area contributed by atoms with Gasteiger partial charge in [0.2, 0.25) is 6.41 Å². The molecule has 0 bridgehead atoms. The lowest BCUT2D eigenvalue weighted by Gasteiger charge is -2.37. The van der Waals surface area contributed by atoms with Crippen LogP contribution in [0.1, 0.15) is 25.7 Å². The first-order chi connectivity index (χ1) is 12.8. The molecule has 2 aliphatic rings. The molecule has 0 spiro atoms. The average molecular weight is 385 g/mol. The molecule has 4 rings (SSSR count). The maximum atomic E-state index is 11.4. The van der Waals surface area contributed by atoms with Crippen LogP contribution < -0.4 is 4.90 Å². The lowest BCUT2D eigenvalue weighted by molar-refractivity contribution is -0.121. The van der Waals surface area contributed by atoms with Crippen LogP contribution in [0.25, 0.3) is 0 Å². The van der Waals surface area contributed by atoms with Crippen LogP contribution in [-0.2, 0) is 4.79 Å². The van der Waals surface area contributed by atoms with Gasteiger partial charge in [0.1, 0.15) is 0 Å². The van der Waals surface area contributed by atoms with Crippen LogP contribution in [0.2, 0.25) is 0 Å². The number of nitrogens with zero attached hydrogens (tertiary/aromatic N) is 2. The van der Waals surface area contributed by atoms with Gasteiger partial charge < -0.3 is 9.80 Å². The van der Waals surface area contributed by atoms with E-state index in [2.05, 4.69) is 53.6 Å². The molecule has 1 fully saturated rings. The van der Waals surface area contributed by atoms with Gasteiger partial charge in [-0.3, -0.25) is 4.79 Å². The highest BCUT2D eigenvalue weighted by Crippen LogP contribution is 2.49. The minimum atomic E-state index is 0.371. The van der Waals surface area contributed by atoms with Crippen LogP contribution in [0, 0.1) is 0 Å². The smallest absolute Gasteiger partial charge is 0.209 e. The summed E-state index contributed by atoms with van der Waals surface area (Å²) in [5.41, 5.74) is 2.59. The summed E-state index contributed by atoms with van der Waals surface area (Å²) < 4.78 is 0. The molecule has 0 N–H and O–H groups in total. The van der Waals surface area contributed by atoms with Gasteiger partial charge in [-0.15, -0.1) is 11.8 Å². The van der Waals surface area contributed by atoms with Gasteiger partial charge in [0.15, 0.2) is 0 Å². The summed E-state index contributed by atoms with van der Waals surface area (Å²) in [5, 5.41) is 0. The lowest BCUT2D eigenvalue weighted by atomic mass is 9.99. The van der Waals surface area contributed by atoms with Crippen molar-refractivity contribution >= 4 is 41.3 Å². The molecule has 26 heavy (non-hydrogen) atoms. The number of carbonyl (C=O) groups excluding carboxylic acids is 1. The number of thioether (sulfide) groups is 1. The first-order valence-corrected chi connectivity index (χ1v) is 11.3. The molecule has 136 valence electrons. The second kappa shape index (κ2) is 7.97. The largest absolute Gasteiger partial charge is 0.342 e. The first kappa shape index (κ1) is 17.8. The first-order valence-electron chi connectivity index (χ1n) is 9.23. The number of para-hydroxylation sites is 1. The average Bonchev–Trinajstić information content (AvgIpc) is 2.71. The summed E-state index contributed by atoms with van der Waals surface area (Å²) in [6, 6.07) is 15.8. The third-order valence-corrected chi connectivity index (χ3v) is 7.18. The molecule has 3 nitrogen and oxygen atoms in total. The standard InChI is InChI=1S/C21H24N2OS2/c1-25-17-9-10-21-19(14-17)23(18-7-2-3-8-20(18)26-21)13-11-16-6-4-5-12-22(16)15-24/h2-3,7-10,14-16H,4-6,11-13H2,1H3. The number of hydrogen-bond donors (Lipinski definition) is 0. The van der Waals surface area contributed by atoms with E-state index in [4.69, 9.17) is 0 Å². The van der Waals surface area contributed by atoms with Crippen LogP contribution in [0.5, 0.6) is 0 Å². The Morgan fingerprint density at radius 1 is 1.15 bits per heavy atom. The van der Waals surface area contributed by atoms with E-state index in [-0.39, 0.29) is 0 Å². The molecular formula is C21H24N2OS2. The number of hydrogen-bond acceptors (Lipinski definition) is 4. The van der Waals surface area contributed by atoms with Gasteiger partial charge in [-0.2, -0.15) is 0 Å². The Labute approximate surface area is 164 Å². The fourth-order valence-corrected chi connectivity index (χ4v) is 5.44. The number of anilines is 2.